The van der Waals surface area contributed by atoms with Gasteiger partial charge in [0.15, 0.2) is 0 Å². The minimum atomic E-state index is -1.13. The molecule has 1 N–H and O–H groups in total. The summed E-state index contributed by atoms with van der Waals surface area (Å²) in [6.45, 7) is 5.89. The predicted molar refractivity (Wildman–Crippen MR) is 76.9 cm³/mol. The molecule has 3 nitrogen and oxygen atoms in total. The van der Waals surface area contributed by atoms with Crippen molar-refractivity contribution in [2.24, 2.45) is 0 Å². The van der Waals surface area contributed by atoms with Crippen LogP contribution in [0.2, 0.25) is 0 Å². The van der Waals surface area contributed by atoms with E-state index in [9.17, 15) is 9.50 Å². The number of hydrogen-bond acceptors (Lipinski definition) is 2. The van der Waals surface area contributed by atoms with Gasteiger partial charge in [-0.15, -0.1) is 0 Å². The molecule has 4 heteroatoms. The quantitative estimate of drug-likeness (QED) is 0.908. The van der Waals surface area contributed by atoms with Gasteiger partial charge in [0.2, 0.25) is 0 Å². The molecule has 1 aromatic heterocycles. The van der Waals surface area contributed by atoms with E-state index >= 15 is 0 Å². The summed E-state index contributed by atoms with van der Waals surface area (Å²) in [4.78, 5) is 0. The smallest absolute Gasteiger partial charge is 0.123 e. The fourth-order valence-corrected chi connectivity index (χ4v) is 2.18. The summed E-state index contributed by atoms with van der Waals surface area (Å²) < 4.78 is 15.2. The lowest BCUT2D eigenvalue weighted by atomic mass is 9.91. The van der Waals surface area contributed by atoms with Gasteiger partial charge in [0.25, 0.3) is 0 Å². The maximum absolute atomic E-state index is 13.3. The van der Waals surface area contributed by atoms with Crippen molar-refractivity contribution in [1.29, 1.82) is 0 Å². The Morgan fingerprint density at radius 1 is 1.40 bits per heavy atom. The van der Waals surface area contributed by atoms with Crippen LogP contribution in [0.15, 0.2) is 36.5 Å². The molecule has 0 saturated heterocycles. The molecule has 0 bridgehead atoms. The lowest BCUT2D eigenvalue weighted by molar-refractivity contribution is 0.0560. The summed E-state index contributed by atoms with van der Waals surface area (Å²) in [5, 5.41) is 15.0. The Labute approximate surface area is 119 Å². The van der Waals surface area contributed by atoms with Crippen LogP contribution >= 0.6 is 0 Å². The number of halogens is 1. The van der Waals surface area contributed by atoms with Crippen molar-refractivity contribution in [3.8, 4) is 0 Å². The largest absolute Gasteiger partial charge is 0.385 e. The molecule has 0 radical (unpaired) electrons. The van der Waals surface area contributed by atoms with Gasteiger partial charge in [0, 0.05) is 18.7 Å². The second-order valence-corrected chi connectivity index (χ2v) is 5.51. The Hall–Kier alpha value is -1.68. The molecule has 20 heavy (non-hydrogen) atoms. The highest BCUT2D eigenvalue weighted by molar-refractivity contribution is 5.24. The first-order valence-electron chi connectivity index (χ1n) is 6.95. The third-order valence-electron chi connectivity index (χ3n) is 3.68. The first-order valence-corrected chi connectivity index (χ1v) is 6.95. The molecule has 0 spiro atoms. The van der Waals surface area contributed by atoms with Crippen molar-refractivity contribution in [3.63, 3.8) is 0 Å². The van der Waals surface area contributed by atoms with E-state index in [1.807, 2.05) is 16.9 Å². The van der Waals surface area contributed by atoms with Crippen LogP contribution in [0.5, 0.6) is 0 Å². The number of nitrogens with zero attached hydrogens (tertiary/aromatic N) is 2. The SMILES string of the molecule is CCC(C)n1ccc(CC(C)(O)c2cccc(F)c2)n1. The zero-order valence-corrected chi connectivity index (χ0v) is 12.2. The van der Waals surface area contributed by atoms with Crippen LogP contribution < -0.4 is 0 Å². The average Bonchev–Trinajstić information content (AvgIpc) is 2.85. The van der Waals surface area contributed by atoms with E-state index in [0.29, 0.717) is 18.0 Å². The topological polar surface area (TPSA) is 38.0 Å². The van der Waals surface area contributed by atoms with Crippen molar-refractivity contribution < 1.29 is 9.50 Å². The van der Waals surface area contributed by atoms with Gasteiger partial charge in [-0.1, -0.05) is 19.1 Å². The van der Waals surface area contributed by atoms with Crippen molar-refractivity contribution >= 4 is 0 Å². The highest BCUT2D eigenvalue weighted by atomic mass is 19.1. The summed E-state index contributed by atoms with van der Waals surface area (Å²) in [5.74, 6) is -0.340. The lowest BCUT2D eigenvalue weighted by Crippen LogP contribution is -2.24. The Balaban J connectivity index is 2.17. The summed E-state index contributed by atoms with van der Waals surface area (Å²) >= 11 is 0. The van der Waals surface area contributed by atoms with E-state index in [1.165, 1.54) is 12.1 Å². The monoisotopic (exact) mass is 276 g/mol. The zero-order valence-electron chi connectivity index (χ0n) is 12.2. The van der Waals surface area contributed by atoms with Crippen molar-refractivity contribution in [2.45, 2.75) is 45.3 Å². The van der Waals surface area contributed by atoms with Gasteiger partial charge in [0.05, 0.1) is 11.3 Å². The van der Waals surface area contributed by atoms with Crippen LogP contribution in [0.4, 0.5) is 4.39 Å². The predicted octanol–water partition coefficient (Wildman–Crippen LogP) is 3.44. The molecule has 0 aliphatic rings. The second-order valence-electron chi connectivity index (χ2n) is 5.51. The molecule has 0 aliphatic heterocycles. The van der Waals surface area contributed by atoms with E-state index in [4.69, 9.17) is 0 Å². The molecule has 0 fully saturated rings. The van der Waals surface area contributed by atoms with Crippen LogP contribution in [0, 0.1) is 5.82 Å². The Morgan fingerprint density at radius 2 is 2.15 bits per heavy atom. The van der Waals surface area contributed by atoms with Gasteiger partial charge in [-0.3, -0.25) is 4.68 Å². The van der Waals surface area contributed by atoms with E-state index in [-0.39, 0.29) is 5.82 Å². The number of hydrogen-bond donors (Lipinski definition) is 1. The first kappa shape index (κ1) is 14.7. The minimum Gasteiger partial charge on any atom is -0.385 e. The third-order valence-corrected chi connectivity index (χ3v) is 3.68. The van der Waals surface area contributed by atoms with Crippen molar-refractivity contribution in [1.82, 2.24) is 9.78 Å². The molecule has 0 aliphatic carbocycles. The number of benzene rings is 1. The normalized spacial score (nSPS) is 15.8. The van der Waals surface area contributed by atoms with Gasteiger partial charge in [-0.2, -0.15) is 5.10 Å². The van der Waals surface area contributed by atoms with E-state index in [0.717, 1.165) is 12.1 Å². The lowest BCUT2D eigenvalue weighted by Gasteiger charge is -2.23. The van der Waals surface area contributed by atoms with Gasteiger partial charge in [-0.25, -0.2) is 4.39 Å². The van der Waals surface area contributed by atoms with Gasteiger partial charge >= 0.3 is 0 Å². The first-order chi connectivity index (χ1) is 9.42. The number of aliphatic hydroxyl groups is 1. The maximum Gasteiger partial charge on any atom is 0.123 e. The summed E-state index contributed by atoms with van der Waals surface area (Å²) in [5.41, 5.74) is 0.242. The van der Waals surface area contributed by atoms with Gasteiger partial charge in [-0.05, 0) is 44.0 Å². The fraction of sp³-hybridized carbons (Fsp3) is 0.438. The van der Waals surface area contributed by atoms with Crippen LogP contribution in [0.1, 0.15) is 44.5 Å². The van der Waals surface area contributed by atoms with Crippen LogP contribution in [-0.4, -0.2) is 14.9 Å². The van der Waals surface area contributed by atoms with Crippen LogP contribution in [-0.2, 0) is 12.0 Å². The third kappa shape index (κ3) is 3.25. The van der Waals surface area contributed by atoms with Crippen LogP contribution in [0.3, 0.4) is 0 Å². The molecule has 0 saturated carbocycles. The molecule has 2 unspecified atom stereocenters. The summed E-state index contributed by atoms with van der Waals surface area (Å²) in [7, 11) is 0. The fourth-order valence-electron chi connectivity index (χ4n) is 2.18. The van der Waals surface area contributed by atoms with E-state index < -0.39 is 5.60 Å². The Morgan fingerprint density at radius 3 is 2.80 bits per heavy atom. The summed E-state index contributed by atoms with van der Waals surface area (Å²) in [6.07, 6.45) is 3.28. The molecule has 2 atom stereocenters. The average molecular weight is 276 g/mol. The Kier molecular flexibility index (Phi) is 4.23. The standard InChI is InChI=1S/C16H21FN2O/c1-4-12(2)19-9-8-15(18-19)11-16(3,20)13-6-5-7-14(17)10-13/h5-10,12,20H,4,11H2,1-3H3. The maximum atomic E-state index is 13.3. The van der Waals surface area contributed by atoms with Crippen LogP contribution in [0.25, 0.3) is 0 Å². The molecule has 108 valence electrons. The molecule has 1 aromatic carbocycles. The number of rotatable bonds is 5. The molecule has 2 aromatic rings. The molecular weight excluding hydrogens is 255 g/mol. The van der Waals surface area contributed by atoms with Crippen molar-refractivity contribution in [3.05, 3.63) is 53.6 Å². The zero-order chi connectivity index (χ0) is 14.8. The molecule has 2 rings (SSSR count). The highest BCUT2D eigenvalue weighted by Crippen LogP contribution is 2.25. The number of aromatic nitrogens is 2. The minimum absolute atomic E-state index is 0.336. The summed E-state index contributed by atoms with van der Waals surface area (Å²) in [6, 6.07) is 8.32. The van der Waals surface area contributed by atoms with Crippen molar-refractivity contribution in [2.75, 3.05) is 0 Å². The second kappa shape index (κ2) is 5.75. The molecular formula is C16H21FN2O. The highest BCUT2D eigenvalue weighted by Gasteiger charge is 2.25. The van der Waals surface area contributed by atoms with Gasteiger partial charge < -0.3 is 5.11 Å². The van der Waals surface area contributed by atoms with Gasteiger partial charge in [0.1, 0.15) is 5.82 Å². The van der Waals surface area contributed by atoms with E-state index in [2.05, 4.69) is 18.9 Å². The molecule has 1 heterocycles. The molecule has 0 amide bonds. The Bertz CT molecular complexity index is 577. The van der Waals surface area contributed by atoms with E-state index in [1.54, 1.807) is 19.1 Å².